The summed E-state index contributed by atoms with van der Waals surface area (Å²) in [5.41, 5.74) is 3.59. The predicted molar refractivity (Wildman–Crippen MR) is 128 cm³/mol. The molecule has 7 heteroatoms. The number of carboxylic acids is 1. The number of carboxylic acid groups (broad SMARTS) is 1. The van der Waals surface area contributed by atoms with Gasteiger partial charge in [0.1, 0.15) is 24.7 Å². The van der Waals surface area contributed by atoms with E-state index in [0.717, 1.165) is 22.4 Å². The van der Waals surface area contributed by atoms with Gasteiger partial charge in [0.15, 0.2) is 0 Å². The number of hydrogen-bond donors (Lipinski definition) is 1. The van der Waals surface area contributed by atoms with Crippen LogP contribution in [0.2, 0.25) is 0 Å². The van der Waals surface area contributed by atoms with Crippen molar-refractivity contribution in [3.63, 3.8) is 0 Å². The van der Waals surface area contributed by atoms with Gasteiger partial charge >= 0.3 is 29.6 Å². The number of nitrogens with one attached hydrogen (secondary N) is 1. The second kappa shape index (κ2) is 13.7. The second-order valence-corrected chi connectivity index (χ2v) is 7.73. The van der Waals surface area contributed by atoms with Crippen molar-refractivity contribution in [3.8, 4) is 17.6 Å². The fourth-order valence-electron chi connectivity index (χ4n) is 3.47. The molecule has 0 bridgehead atoms. The smallest absolute Gasteiger partial charge is 0.550 e. The Kier molecular flexibility index (Phi) is 11.0. The minimum Gasteiger partial charge on any atom is -0.550 e. The van der Waals surface area contributed by atoms with Gasteiger partial charge in [0.25, 0.3) is 0 Å². The summed E-state index contributed by atoms with van der Waals surface area (Å²) in [6.07, 6.45) is 0.643. The molecule has 0 aromatic heterocycles. The van der Waals surface area contributed by atoms with Crippen LogP contribution in [0.15, 0.2) is 72.8 Å². The van der Waals surface area contributed by atoms with E-state index in [-0.39, 0.29) is 48.0 Å². The van der Waals surface area contributed by atoms with Crippen LogP contribution in [0, 0.1) is 22.7 Å². The molecule has 35 heavy (non-hydrogen) atoms. The molecule has 0 aliphatic heterocycles. The molecule has 0 heterocycles. The molecule has 0 radical (unpaired) electrons. The van der Waals surface area contributed by atoms with Crippen LogP contribution in [-0.2, 0) is 11.4 Å². The maximum Gasteiger partial charge on any atom is 1.00 e. The van der Waals surface area contributed by atoms with Crippen LogP contribution in [0.1, 0.15) is 48.4 Å². The summed E-state index contributed by atoms with van der Waals surface area (Å²) in [6.45, 7) is 4.53. The molecule has 4 rings (SSSR count). The van der Waals surface area contributed by atoms with Crippen molar-refractivity contribution in [2.24, 2.45) is 5.92 Å². The molecule has 1 fully saturated rings. The Bertz CT molecular complexity index is 1150. The third-order valence-electron chi connectivity index (χ3n) is 5.48. The minimum absolute atomic E-state index is 0. The number of carbonyl (C=O) groups is 1. The Morgan fingerprint density at radius 1 is 0.971 bits per heavy atom. The zero-order valence-corrected chi connectivity index (χ0v) is 22.3. The Hall–Kier alpha value is -3.11. The molecular weight excluding hydrogens is 451 g/mol. The van der Waals surface area contributed by atoms with Gasteiger partial charge in [-0.1, -0.05) is 50.2 Å². The Balaban J connectivity index is 0.00000140. The third kappa shape index (κ3) is 7.97. The first-order chi connectivity index (χ1) is 16.5. The van der Waals surface area contributed by atoms with Crippen molar-refractivity contribution in [1.29, 1.82) is 10.7 Å². The van der Waals surface area contributed by atoms with Crippen molar-refractivity contribution >= 4 is 11.7 Å². The van der Waals surface area contributed by atoms with Gasteiger partial charge in [0.2, 0.25) is 0 Å². The SMILES string of the molecule is CC.N#Cc1ccc(C(=N)COc2ccc(COc3ccc(C4CC4C(=O)[O-])cc3)cc2)cc1.[Na+]. The molecule has 0 spiro atoms. The largest absolute Gasteiger partial charge is 1.00 e. The second-order valence-electron chi connectivity index (χ2n) is 7.73. The average molecular weight is 479 g/mol. The first-order valence-electron chi connectivity index (χ1n) is 11.3. The third-order valence-corrected chi connectivity index (χ3v) is 5.48. The van der Waals surface area contributed by atoms with E-state index in [4.69, 9.17) is 20.1 Å². The van der Waals surface area contributed by atoms with Crippen LogP contribution in [-0.4, -0.2) is 18.3 Å². The summed E-state index contributed by atoms with van der Waals surface area (Å²) in [7, 11) is 0. The molecule has 6 nitrogen and oxygen atoms in total. The number of nitriles is 1. The Labute approximate surface area is 228 Å². The molecule has 174 valence electrons. The van der Waals surface area contributed by atoms with E-state index in [0.29, 0.717) is 30.1 Å². The fourth-order valence-corrected chi connectivity index (χ4v) is 3.47. The first-order valence-corrected chi connectivity index (χ1v) is 11.3. The zero-order chi connectivity index (χ0) is 24.5. The van der Waals surface area contributed by atoms with E-state index in [1.165, 1.54) is 0 Å². The molecule has 0 saturated heterocycles. The summed E-state index contributed by atoms with van der Waals surface area (Å²) in [5.74, 6) is 0.0863. The van der Waals surface area contributed by atoms with Gasteiger partial charge in [-0.3, -0.25) is 0 Å². The van der Waals surface area contributed by atoms with Gasteiger partial charge in [-0.15, -0.1) is 0 Å². The summed E-state index contributed by atoms with van der Waals surface area (Å²) in [6, 6.07) is 23.9. The van der Waals surface area contributed by atoms with Gasteiger partial charge in [-0.2, -0.15) is 5.26 Å². The van der Waals surface area contributed by atoms with Crippen molar-refractivity contribution in [3.05, 3.63) is 95.1 Å². The summed E-state index contributed by atoms with van der Waals surface area (Å²) in [4.78, 5) is 10.9. The number of benzene rings is 3. The van der Waals surface area contributed by atoms with Gasteiger partial charge in [0.05, 0.1) is 17.3 Å². The molecule has 1 saturated carbocycles. The zero-order valence-electron chi connectivity index (χ0n) is 20.3. The van der Waals surface area contributed by atoms with Gasteiger partial charge in [0, 0.05) is 11.9 Å². The monoisotopic (exact) mass is 478 g/mol. The topological polar surface area (TPSA) is 106 Å². The van der Waals surface area contributed by atoms with Crippen LogP contribution in [0.3, 0.4) is 0 Å². The molecular formula is C28H27N2NaO4. The van der Waals surface area contributed by atoms with E-state index in [2.05, 4.69) is 6.07 Å². The van der Waals surface area contributed by atoms with Crippen LogP contribution >= 0.6 is 0 Å². The molecule has 3 aromatic carbocycles. The number of nitrogens with zero attached hydrogens (tertiary/aromatic N) is 1. The molecule has 2 atom stereocenters. The molecule has 2 unspecified atom stereocenters. The Morgan fingerprint density at radius 2 is 1.54 bits per heavy atom. The van der Waals surface area contributed by atoms with Crippen LogP contribution in [0.25, 0.3) is 0 Å². The molecule has 0 amide bonds. The molecule has 3 aromatic rings. The van der Waals surface area contributed by atoms with Crippen LogP contribution in [0.5, 0.6) is 11.5 Å². The fraction of sp³-hybridized carbons (Fsp3) is 0.250. The maximum atomic E-state index is 10.9. The Morgan fingerprint density at radius 3 is 2.09 bits per heavy atom. The van der Waals surface area contributed by atoms with Crippen molar-refractivity contribution in [2.75, 3.05) is 6.61 Å². The van der Waals surface area contributed by atoms with E-state index >= 15 is 0 Å². The van der Waals surface area contributed by atoms with E-state index in [9.17, 15) is 9.90 Å². The standard InChI is InChI=1S/C26H22N2O4.C2H6.Na/c27-14-17-1-5-20(6-2-17)25(28)16-32-21-9-3-18(4-10-21)15-31-22-11-7-19(8-12-22)23-13-24(23)26(29)30;1-2;/h1-12,23-24,28H,13,15-16H2,(H,29,30);1-2H3;/q;;+1/p-1. The van der Waals surface area contributed by atoms with Crippen molar-refractivity contribution in [2.45, 2.75) is 32.8 Å². The number of carbonyl (C=O) groups excluding carboxylic acids is 1. The maximum absolute atomic E-state index is 10.9. The normalized spacial score (nSPS) is 15.3. The summed E-state index contributed by atoms with van der Waals surface area (Å²) < 4.78 is 11.5. The van der Waals surface area contributed by atoms with Gasteiger partial charge in [-0.25, -0.2) is 0 Å². The van der Waals surface area contributed by atoms with Gasteiger partial charge in [-0.05, 0) is 65.4 Å². The molecule has 1 aliphatic carbocycles. The first kappa shape index (κ1) is 28.1. The quantitative estimate of drug-likeness (QED) is 0.370. The molecule has 1 N–H and O–H groups in total. The van der Waals surface area contributed by atoms with Crippen molar-refractivity contribution < 1.29 is 48.9 Å². The summed E-state index contributed by atoms with van der Waals surface area (Å²) >= 11 is 0. The average Bonchev–Trinajstić information content (AvgIpc) is 3.70. The number of aliphatic carboxylic acids is 1. The number of ether oxygens (including phenoxy) is 2. The number of hydrogen-bond acceptors (Lipinski definition) is 6. The minimum atomic E-state index is -0.978. The predicted octanol–water partition coefficient (Wildman–Crippen LogP) is 1.47. The van der Waals surface area contributed by atoms with E-state index < -0.39 is 5.97 Å². The van der Waals surface area contributed by atoms with Crippen LogP contribution in [0.4, 0.5) is 0 Å². The van der Waals surface area contributed by atoms with E-state index in [1.807, 2.05) is 62.4 Å². The molecule has 1 aliphatic rings. The van der Waals surface area contributed by atoms with Crippen molar-refractivity contribution in [1.82, 2.24) is 0 Å². The van der Waals surface area contributed by atoms with Gasteiger partial charge < -0.3 is 24.8 Å². The van der Waals surface area contributed by atoms with E-state index in [1.54, 1.807) is 24.3 Å². The number of rotatable bonds is 9. The summed E-state index contributed by atoms with van der Waals surface area (Å²) in [5, 5.41) is 27.9. The van der Waals surface area contributed by atoms with Crippen LogP contribution < -0.4 is 44.1 Å².